The van der Waals surface area contributed by atoms with Crippen LogP contribution in [0, 0.1) is 18.3 Å². The Kier molecular flexibility index (Phi) is 3.64. The number of nitriles is 1. The monoisotopic (exact) mass is 336 g/mol. The number of halogens is 1. The fourth-order valence-electron chi connectivity index (χ4n) is 2.39. The van der Waals surface area contributed by atoms with E-state index >= 15 is 0 Å². The summed E-state index contributed by atoms with van der Waals surface area (Å²) in [5, 5.41) is 14.7. The summed E-state index contributed by atoms with van der Waals surface area (Å²) >= 11 is 3.62. The van der Waals surface area contributed by atoms with Crippen LogP contribution >= 0.6 is 15.9 Å². The summed E-state index contributed by atoms with van der Waals surface area (Å²) in [5.74, 6) is 0. The summed E-state index contributed by atoms with van der Waals surface area (Å²) in [4.78, 5) is 0. The molecule has 3 aromatic carbocycles. The number of hydrogen-bond donors (Lipinski definition) is 1. The van der Waals surface area contributed by atoms with Crippen molar-refractivity contribution < 1.29 is 0 Å². The van der Waals surface area contributed by atoms with Gasteiger partial charge in [0.1, 0.15) is 0 Å². The fraction of sp³-hybridized carbons (Fsp3) is 0.0556. The summed E-state index contributed by atoms with van der Waals surface area (Å²) in [5.41, 5.74) is 3.89. The van der Waals surface area contributed by atoms with Gasteiger partial charge in [0.25, 0.3) is 0 Å². The molecule has 0 aliphatic rings. The summed E-state index contributed by atoms with van der Waals surface area (Å²) in [7, 11) is 0. The van der Waals surface area contributed by atoms with Crippen LogP contribution in [0.2, 0.25) is 0 Å². The maximum absolute atomic E-state index is 9.22. The molecule has 0 spiro atoms. The average molecular weight is 337 g/mol. The number of fused-ring (bicyclic) bond motifs is 1. The Balaban J connectivity index is 2.14. The van der Waals surface area contributed by atoms with Crippen molar-refractivity contribution in [2.75, 3.05) is 5.32 Å². The standard InChI is InChI=1S/C18H13BrN2/c1-12-5-4-8-17(18(12)19)21-16-10-9-13(11-20)14-6-2-3-7-15(14)16/h2-10,21H,1H3. The molecule has 102 valence electrons. The lowest BCUT2D eigenvalue weighted by molar-refractivity contribution is 1.41. The Morgan fingerprint density at radius 3 is 2.43 bits per heavy atom. The quantitative estimate of drug-likeness (QED) is 0.668. The Morgan fingerprint density at radius 2 is 1.67 bits per heavy atom. The van der Waals surface area contributed by atoms with Gasteiger partial charge in [-0.05, 0) is 46.6 Å². The van der Waals surface area contributed by atoms with Crippen molar-refractivity contribution >= 4 is 38.1 Å². The van der Waals surface area contributed by atoms with Gasteiger partial charge in [-0.1, -0.05) is 36.4 Å². The van der Waals surface area contributed by atoms with E-state index in [0.29, 0.717) is 5.56 Å². The molecule has 3 heteroatoms. The molecule has 2 nitrogen and oxygen atoms in total. The first-order valence-electron chi connectivity index (χ1n) is 6.64. The van der Waals surface area contributed by atoms with Gasteiger partial charge < -0.3 is 5.32 Å². The van der Waals surface area contributed by atoms with Gasteiger partial charge in [-0.25, -0.2) is 0 Å². The number of benzene rings is 3. The predicted molar refractivity (Wildman–Crippen MR) is 90.8 cm³/mol. The van der Waals surface area contributed by atoms with E-state index in [4.69, 9.17) is 0 Å². The predicted octanol–water partition coefficient (Wildman–Crippen LogP) is 5.53. The minimum Gasteiger partial charge on any atom is -0.354 e. The molecule has 0 amide bonds. The molecule has 0 aliphatic carbocycles. The van der Waals surface area contributed by atoms with Crippen LogP contribution in [-0.2, 0) is 0 Å². The highest BCUT2D eigenvalue weighted by molar-refractivity contribution is 9.10. The molecule has 0 saturated carbocycles. The van der Waals surface area contributed by atoms with Crippen LogP contribution in [0.3, 0.4) is 0 Å². The minimum absolute atomic E-state index is 0.694. The van der Waals surface area contributed by atoms with Crippen LogP contribution < -0.4 is 5.32 Å². The zero-order valence-corrected chi connectivity index (χ0v) is 13.1. The molecule has 0 radical (unpaired) electrons. The SMILES string of the molecule is Cc1cccc(Nc2ccc(C#N)c3ccccc23)c1Br. The first kappa shape index (κ1) is 13.7. The van der Waals surface area contributed by atoms with Crippen molar-refractivity contribution in [3.05, 3.63) is 70.2 Å². The molecule has 0 bridgehead atoms. The van der Waals surface area contributed by atoms with Gasteiger partial charge in [-0.3, -0.25) is 0 Å². The third-order valence-corrected chi connectivity index (χ3v) is 4.56. The molecule has 21 heavy (non-hydrogen) atoms. The van der Waals surface area contributed by atoms with Crippen molar-refractivity contribution in [2.45, 2.75) is 6.92 Å². The fourth-order valence-corrected chi connectivity index (χ4v) is 2.76. The van der Waals surface area contributed by atoms with Gasteiger partial charge in [-0.2, -0.15) is 5.26 Å². The third kappa shape index (κ3) is 2.51. The summed E-state index contributed by atoms with van der Waals surface area (Å²) in [6.07, 6.45) is 0. The van der Waals surface area contributed by atoms with Crippen LogP contribution in [0.25, 0.3) is 10.8 Å². The van der Waals surface area contributed by atoms with Crippen LogP contribution in [-0.4, -0.2) is 0 Å². The second kappa shape index (κ2) is 5.59. The van der Waals surface area contributed by atoms with Crippen LogP contribution in [0.5, 0.6) is 0 Å². The molecule has 0 aliphatic heterocycles. The molecule has 0 unspecified atom stereocenters. The number of nitrogens with one attached hydrogen (secondary N) is 1. The van der Waals surface area contributed by atoms with E-state index in [-0.39, 0.29) is 0 Å². The number of nitrogens with zero attached hydrogens (tertiary/aromatic N) is 1. The third-order valence-electron chi connectivity index (χ3n) is 3.51. The first-order valence-corrected chi connectivity index (χ1v) is 7.44. The van der Waals surface area contributed by atoms with Crippen molar-refractivity contribution in [3.8, 4) is 6.07 Å². The first-order chi connectivity index (χ1) is 10.2. The molecule has 0 heterocycles. The number of rotatable bonds is 2. The lowest BCUT2D eigenvalue weighted by Gasteiger charge is -2.13. The minimum atomic E-state index is 0.694. The van der Waals surface area contributed by atoms with Crippen molar-refractivity contribution in [1.29, 1.82) is 5.26 Å². The average Bonchev–Trinajstić information content (AvgIpc) is 2.52. The molecule has 3 rings (SSSR count). The molecule has 3 aromatic rings. The van der Waals surface area contributed by atoms with E-state index in [1.807, 2.05) is 48.5 Å². The Hall–Kier alpha value is -2.31. The lowest BCUT2D eigenvalue weighted by atomic mass is 10.0. The zero-order chi connectivity index (χ0) is 14.8. The molecule has 0 fully saturated rings. The normalized spacial score (nSPS) is 10.3. The van der Waals surface area contributed by atoms with Gasteiger partial charge >= 0.3 is 0 Å². The largest absolute Gasteiger partial charge is 0.354 e. The number of aryl methyl sites for hydroxylation is 1. The van der Waals surface area contributed by atoms with Gasteiger partial charge in [0.15, 0.2) is 0 Å². The molecule has 0 atom stereocenters. The lowest BCUT2D eigenvalue weighted by Crippen LogP contribution is -1.94. The van der Waals surface area contributed by atoms with Crippen molar-refractivity contribution in [3.63, 3.8) is 0 Å². The molecule has 0 saturated heterocycles. The maximum atomic E-state index is 9.22. The van der Waals surface area contributed by atoms with E-state index in [0.717, 1.165) is 26.6 Å². The van der Waals surface area contributed by atoms with Crippen molar-refractivity contribution in [1.82, 2.24) is 0 Å². The van der Waals surface area contributed by atoms with E-state index in [2.05, 4.69) is 40.3 Å². The van der Waals surface area contributed by atoms with E-state index < -0.39 is 0 Å². The summed E-state index contributed by atoms with van der Waals surface area (Å²) < 4.78 is 1.05. The Bertz CT molecular complexity index is 863. The zero-order valence-electron chi connectivity index (χ0n) is 11.5. The Labute approximate surface area is 132 Å². The number of anilines is 2. The van der Waals surface area contributed by atoms with E-state index in [9.17, 15) is 5.26 Å². The second-order valence-corrected chi connectivity index (χ2v) is 5.67. The molecule has 1 N–H and O–H groups in total. The van der Waals surface area contributed by atoms with Crippen LogP contribution in [0.15, 0.2) is 59.1 Å². The molecular formula is C18H13BrN2. The van der Waals surface area contributed by atoms with E-state index in [1.165, 1.54) is 5.56 Å². The van der Waals surface area contributed by atoms with Gasteiger partial charge in [0.2, 0.25) is 0 Å². The van der Waals surface area contributed by atoms with Crippen molar-refractivity contribution in [2.24, 2.45) is 0 Å². The van der Waals surface area contributed by atoms with Gasteiger partial charge in [-0.15, -0.1) is 0 Å². The molecule has 0 aromatic heterocycles. The highest BCUT2D eigenvalue weighted by Crippen LogP contribution is 2.33. The topological polar surface area (TPSA) is 35.8 Å². The maximum Gasteiger partial charge on any atom is 0.0998 e. The second-order valence-electron chi connectivity index (χ2n) is 4.88. The number of hydrogen-bond acceptors (Lipinski definition) is 2. The van der Waals surface area contributed by atoms with Gasteiger partial charge in [0.05, 0.1) is 17.3 Å². The van der Waals surface area contributed by atoms with Crippen LogP contribution in [0.1, 0.15) is 11.1 Å². The summed E-state index contributed by atoms with van der Waals surface area (Å²) in [6, 6.07) is 20.1. The Morgan fingerprint density at radius 1 is 0.905 bits per heavy atom. The summed E-state index contributed by atoms with van der Waals surface area (Å²) in [6.45, 7) is 2.06. The van der Waals surface area contributed by atoms with Gasteiger partial charge in [0, 0.05) is 20.9 Å². The van der Waals surface area contributed by atoms with Crippen LogP contribution in [0.4, 0.5) is 11.4 Å². The van der Waals surface area contributed by atoms with E-state index in [1.54, 1.807) is 0 Å². The molecular weight excluding hydrogens is 324 g/mol. The highest BCUT2D eigenvalue weighted by atomic mass is 79.9. The smallest absolute Gasteiger partial charge is 0.0998 e. The highest BCUT2D eigenvalue weighted by Gasteiger charge is 2.08.